The zero-order chi connectivity index (χ0) is 27.7. The number of methoxy groups -OCH3 is 2. The first-order valence-corrected chi connectivity index (χ1v) is 15.7. The van der Waals surface area contributed by atoms with Gasteiger partial charge >= 0.3 is 0 Å². The van der Waals surface area contributed by atoms with Gasteiger partial charge in [-0.15, -0.1) is 0 Å². The number of rotatable bonds is 12. The maximum atomic E-state index is 12.2. The number of allylic oxidation sites excluding steroid dienone is 6. The molecule has 0 spiro atoms. The summed E-state index contributed by atoms with van der Waals surface area (Å²) in [6.45, 7) is 22.3. The molecule has 0 saturated heterocycles. The Kier molecular flexibility index (Phi) is 12.2. The summed E-state index contributed by atoms with van der Waals surface area (Å²) in [4.78, 5) is 15.3. The fourth-order valence-electron chi connectivity index (χ4n) is 3.65. The van der Waals surface area contributed by atoms with Crippen LogP contribution in [0.25, 0.3) is 0 Å². The van der Waals surface area contributed by atoms with Crippen LogP contribution in [0.4, 0.5) is 0 Å². The van der Waals surface area contributed by atoms with E-state index in [-0.39, 0.29) is 28.2 Å². The van der Waals surface area contributed by atoms with Crippen LogP contribution in [0.2, 0.25) is 18.1 Å². The Labute approximate surface area is 220 Å². The Balaban J connectivity index is 2.88. The first-order chi connectivity index (χ1) is 16.7. The van der Waals surface area contributed by atoms with Gasteiger partial charge in [0.2, 0.25) is 17.1 Å². The fraction of sp³-hybridized carbons (Fsp3) is 0.567. The van der Waals surface area contributed by atoms with Gasteiger partial charge < -0.3 is 18.9 Å². The quantitative estimate of drug-likeness (QED) is 0.175. The van der Waals surface area contributed by atoms with Crippen molar-refractivity contribution in [3.63, 3.8) is 0 Å². The molecule has 0 aliphatic heterocycles. The topological polar surface area (TPSA) is 60.6 Å². The minimum atomic E-state index is -1.89. The predicted octanol–water partition coefficient (Wildman–Crippen LogP) is 7.77. The van der Waals surface area contributed by atoms with Crippen LogP contribution in [-0.2, 0) is 10.8 Å². The lowest BCUT2D eigenvalue weighted by molar-refractivity contribution is 0.178. The van der Waals surface area contributed by atoms with E-state index in [1.165, 1.54) is 30.9 Å². The molecule has 5 nitrogen and oxygen atoms in total. The van der Waals surface area contributed by atoms with Crippen LogP contribution < -0.4 is 14.9 Å². The smallest absolute Gasteiger partial charge is 0.238 e. The molecule has 0 radical (unpaired) electrons. The lowest BCUT2D eigenvalue weighted by Gasteiger charge is -2.41. The maximum Gasteiger partial charge on any atom is 0.238 e. The molecule has 36 heavy (non-hydrogen) atoms. The van der Waals surface area contributed by atoms with Crippen LogP contribution >= 0.6 is 0 Å². The second kappa shape index (κ2) is 13.8. The maximum absolute atomic E-state index is 12.2. The van der Waals surface area contributed by atoms with E-state index < -0.39 is 8.32 Å². The third-order valence-electron chi connectivity index (χ3n) is 7.04. The summed E-state index contributed by atoms with van der Waals surface area (Å²) in [7, 11) is 1.09. The van der Waals surface area contributed by atoms with Gasteiger partial charge in [0.25, 0.3) is 0 Å². The van der Waals surface area contributed by atoms with Crippen molar-refractivity contribution >= 4 is 8.32 Å². The van der Waals surface area contributed by atoms with Crippen LogP contribution in [0.15, 0.2) is 58.0 Å². The van der Waals surface area contributed by atoms with Crippen molar-refractivity contribution in [1.29, 1.82) is 0 Å². The lowest BCUT2D eigenvalue weighted by atomic mass is 9.96. The fourth-order valence-corrected chi connectivity index (χ4v) is 5.04. The number of hydrogen-bond donors (Lipinski definition) is 1. The number of H-pyrrole nitrogens is 1. The normalized spacial score (nSPS) is 15.8. The van der Waals surface area contributed by atoms with Gasteiger partial charge in [0, 0.05) is 24.1 Å². The van der Waals surface area contributed by atoms with Crippen molar-refractivity contribution < 1.29 is 13.9 Å². The third kappa shape index (κ3) is 9.29. The van der Waals surface area contributed by atoms with Crippen molar-refractivity contribution in [1.82, 2.24) is 4.98 Å². The number of pyridine rings is 1. The van der Waals surface area contributed by atoms with Gasteiger partial charge in [0.05, 0.1) is 20.3 Å². The molecule has 0 saturated carbocycles. The summed E-state index contributed by atoms with van der Waals surface area (Å²) >= 11 is 0. The molecule has 1 aromatic heterocycles. The lowest BCUT2D eigenvalue weighted by Crippen LogP contribution is -2.45. The van der Waals surface area contributed by atoms with Gasteiger partial charge in [0.15, 0.2) is 8.32 Å². The third-order valence-corrected chi connectivity index (χ3v) is 11.5. The summed E-state index contributed by atoms with van der Waals surface area (Å²) < 4.78 is 17.2. The Morgan fingerprint density at radius 3 is 2.31 bits per heavy atom. The van der Waals surface area contributed by atoms with E-state index in [0.29, 0.717) is 12.3 Å². The largest absolute Gasteiger partial charge is 0.488 e. The number of hydrogen-bond acceptors (Lipinski definition) is 4. The molecule has 1 N–H and O–H groups in total. The Morgan fingerprint density at radius 2 is 1.78 bits per heavy atom. The van der Waals surface area contributed by atoms with Gasteiger partial charge in [-0.1, -0.05) is 69.2 Å². The van der Waals surface area contributed by atoms with E-state index in [4.69, 9.17) is 13.9 Å². The Hall–Kier alpha value is -2.31. The molecule has 0 unspecified atom stereocenters. The van der Waals surface area contributed by atoms with Crippen LogP contribution in [0, 0.1) is 5.92 Å². The van der Waals surface area contributed by atoms with Gasteiger partial charge in [0.1, 0.15) is 0 Å². The molecule has 0 aromatic carbocycles. The van der Waals surface area contributed by atoms with E-state index in [2.05, 4.69) is 104 Å². The number of nitrogens with one attached hydrogen (secondary N) is 1. The molecule has 0 aliphatic rings. The van der Waals surface area contributed by atoms with E-state index in [1.54, 1.807) is 6.07 Å². The molecule has 0 amide bonds. The molecular weight excluding hydrogens is 466 g/mol. The van der Waals surface area contributed by atoms with Crippen molar-refractivity contribution in [2.45, 2.75) is 92.5 Å². The molecule has 1 rings (SSSR count). The van der Waals surface area contributed by atoms with Crippen molar-refractivity contribution in [3.05, 3.63) is 69.1 Å². The molecule has 0 fully saturated rings. The molecule has 6 heteroatoms. The average Bonchev–Trinajstić information content (AvgIpc) is 2.79. The highest BCUT2D eigenvalue weighted by Crippen LogP contribution is 2.39. The van der Waals surface area contributed by atoms with Crippen molar-refractivity contribution in [2.24, 2.45) is 5.92 Å². The monoisotopic (exact) mass is 515 g/mol. The molecule has 0 aliphatic carbocycles. The van der Waals surface area contributed by atoms with E-state index >= 15 is 0 Å². The second-order valence-electron chi connectivity index (χ2n) is 11.2. The summed E-state index contributed by atoms with van der Waals surface area (Å²) in [5.74, 6) is 0.825. The standard InChI is InChI=1S/C30H49NO4Si/c1-13-23(4)27(35-36(11,12)30(6,7)8)24(5)19-22(3)16-14-15-21(2)17-18-25-20-26(32)28(33-9)29(31-25)34-10/h13-14,16-17,19-20,24,27H,15,18H2,1-12H3,(H,31,32)/b16-14+,21-17+,22-19+,23-13+/t24-,27+/m1/s1. The first kappa shape index (κ1) is 31.7. The highest BCUT2D eigenvalue weighted by molar-refractivity contribution is 6.74. The van der Waals surface area contributed by atoms with Crippen molar-refractivity contribution in [2.75, 3.05) is 14.2 Å². The number of aromatic nitrogens is 1. The second-order valence-corrected chi connectivity index (χ2v) is 15.9. The van der Waals surface area contributed by atoms with Crippen LogP contribution in [0.3, 0.4) is 0 Å². The summed E-state index contributed by atoms with van der Waals surface area (Å²) in [6, 6.07) is 1.56. The average molecular weight is 516 g/mol. The van der Waals surface area contributed by atoms with Gasteiger partial charge in [-0.2, -0.15) is 0 Å². The zero-order valence-electron chi connectivity index (χ0n) is 24.7. The van der Waals surface area contributed by atoms with Gasteiger partial charge in [-0.3, -0.25) is 4.79 Å². The summed E-state index contributed by atoms with van der Waals surface area (Å²) in [6.07, 6.45) is 12.5. The van der Waals surface area contributed by atoms with Crippen molar-refractivity contribution in [3.8, 4) is 11.6 Å². The first-order valence-electron chi connectivity index (χ1n) is 12.8. The van der Waals surface area contributed by atoms with E-state index in [1.807, 2.05) is 0 Å². The summed E-state index contributed by atoms with van der Waals surface area (Å²) in [5.41, 5.74) is 4.34. The zero-order valence-corrected chi connectivity index (χ0v) is 25.7. The predicted molar refractivity (Wildman–Crippen MR) is 156 cm³/mol. The van der Waals surface area contributed by atoms with E-state index in [9.17, 15) is 4.79 Å². The van der Waals surface area contributed by atoms with Gasteiger partial charge in [-0.05, 0) is 57.8 Å². The summed E-state index contributed by atoms with van der Waals surface area (Å²) in [5, 5.41) is 0.172. The highest BCUT2D eigenvalue weighted by Gasteiger charge is 2.40. The molecule has 202 valence electrons. The molecule has 2 atom stereocenters. The highest BCUT2D eigenvalue weighted by atomic mass is 28.4. The SMILES string of the molecule is C/C=C(\C)[C@H](O[Si](C)(C)C(C)(C)C)[C@H](C)/C=C(C)/C=C/C/C(C)=C/Cc1cc(=O)c(OC)c(OC)[nH]1. The minimum absolute atomic E-state index is 0.0875. The van der Waals surface area contributed by atoms with Crippen LogP contribution in [0.1, 0.15) is 67.5 Å². The van der Waals surface area contributed by atoms with Gasteiger partial charge in [-0.25, -0.2) is 0 Å². The minimum Gasteiger partial charge on any atom is -0.488 e. The molecular formula is C30H49NO4Si. The Bertz CT molecular complexity index is 1040. The Morgan fingerprint density at radius 1 is 1.14 bits per heavy atom. The molecule has 1 heterocycles. The van der Waals surface area contributed by atoms with Crippen LogP contribution in [-0.4, -0.2) is 33.6 Å². The number of aromatic amines is 1. The van der Waals surface area contributed by atoms with E-state index in [0.717, 1.165) is 12.1 Å². The molecule has 0 bridgehead atoms. The number of ether oxygens (including phenoxy) is 2. The molecule has 1 aromatic rings. The van der Waals surface area contributed by atoms with Crippen LogP contribution in [0.5, 0.6) is 11.6 Å².